The van der Waals surface area contributed by atoms with Gasteiger partial charge in [0.15, 0.2) is 0 Å². The van der Waals surface area contributed by atoms with Crippen LogP contribution < -0.4 is 5.32 Å². The van der Waals surface area contributed by atoms with Crippen LogP contribution in [0.5, 0.6) is 0 Å². The lowest BCUT2D eigenvalue weighted by atomic mass is 9.94. The summed E-state index contributed by atoms with van der Waals surface area (Å²) >= 11 is 0. The number of likely N-dealkylation sites (tertiary alicyclic amines) is 1. The fourth-order valence-corrected chi connectivity index (χ4v) is 3.52. The van der Waals surface area contributed by atoms with E-state index in [1.54, 1.807) is 11.1 Å². The highest BCUT2D eigenvalue weighted by atomic mass is 16.3. The van der Waals surface area contributed by atoms with Crippen molar-refractivity contribution in [3.8, 4) is 0 Å². The Balaban J connectivity index is 1.92. The number of anilines is 1. The Morgan fingerprint density at radius 1 is 1.48 bits per heavy atom. The summed E-state index contributed by atoms with van der Waals surface area (Å²) in [6, 6.07) is 7.72. The van der Waals surface area contributed by atoms with Crippen molar-refractivity contribution in [3.63, 3.8) is 0 Å². The maximum Gasteiger partial charge on any atom is 0.322 e. The van der Waals surface area contributed by atoms with E-state index in [9.17, 15) is 9.90 Å². The van der Waals surface area contributed by atoms with Crippen LogP contribution in [0.1, 0.15) is 31.7 Å². The normalized spacial score (nSPS) is 20.9. The molecule has 1 aliphatic heterocycles. The van der Waals surface area contributed by atoms with Gasteiger partial charge in [0.2, 0.25) is 0 Å². The Morgan fingerprint density at radius 3 is 3.04 bits per heavy atom. The second-order valence-electron chi connectivity index (χ2n) is 6.31. The molecule has 1 aromatic heterocycles. The van der Waals surface area contributed by atoms with Gasteiger partial charge in [0.25, 0.3) is 0 Å². The van der Waals surface area contributed by atoms with Crippen LogP contribution >= 0.6 is 0 Å². The summed E-state index contributed by atoms with van der Waals surface area (Å²) in [5, 5.41) is 13.8. The average molecular weight is 313 g/mol. The number of aliphatic hydroxyl groups excluding tert-OH is 1. The van der Waals surface area contributed by atoms with Gasteiger partial charge in [-0.3, -0.25) is 4.98 Å². The number of carbonyl (C=O) groups excluding carboxylic acids is 1. The highest BCUT2D eigenvalue weighted by Gasteiger charge is 2.41. The number of aryl methyl sites for hydroxylation is 1. The quantitative estimate of drug-likeness (QED) is 0.913. The van der Waals surface area contributed by atoms with Crippen LogP contribution in [0.25, 0.3) is 10.9 Å². The van der Waals surface area contributed by atoms with Crippen LogP contribution in [0.15, 0.2) is 30.5 Å². The van der Waals surface area contributed by atoms with E-state index in [1.807, 2.05) is 32.0 Å². The molecule has 1 aromatic carbocycles. The van der Waals surface area contributed by atoms with Gasteiger partial charge in [-0.15, -0.1) is 0 Å². The van der Waals surface area contributed by atoms with Crippen molar-refractivity contribution in [2.75, 3.05) is 18.5 Å². The first kappa shape index (κ1) is 15.7. The van der Waals surface area contributed by atoms with E-state index in [0.717, 1.165) is 41.4 Å². The molecule has 1 aliphatic rings. The maximum absolute atomic E-state index is 12.8. The number of nitrogens with one attached hydrogen (secondary N) is 1. The van der Waals surface area contributed by atoms with Gasteiger partial charge < -0.3 is 15.3 Å². The number of hydrogen-bond donors (Lipinski definition) is 2. The SMILES string of the molecule is CCC1(CO)CCCN1C(=O)Nc1cc(C)cc2cccnc12. The Bertz CT molecular complexity index is 725. The number of hydrogen-bond acceptors (Lipinski definition) is 3. The number of urea groups is 1. The van der Waals surface area contributed by atoms with Gasteiger partial charge in [0.1, 0.15) is 0 Å². The molecular weight excluding hydrogens is 290 g/mol. The summed E-state index contributed by atoms with van der Waals surface area (Å²) < 4.78 is 0. The summed E-state index contributed by atoms with van der Waals surface area (Å²) in [6.07, 6.45) is 4.26. The Labute approximate surface area is 136 Å². The Morgan fingerprint density at radius 2 is 2.30 bits per heavy atom. The Hall–Kier alpha value is -2.14. The Kier molecular flexibility index (Phi) is 4.22. The van der Waals surface area contributed by atoms with Gasteiger partial charge in [-0.05, 0) is 49.9 Å². The van der Waals surface area contributed by atoms with Gasteiger partial charge in [0, 0.05) is 18.1 Å². The van der Waals surface area contributed by atoms with E-state index in [2.05, 4.69) is 16.4 Å². The molecule has 23 heavy (non-hydrogen) atoms. The average Bonchev–Trinajstić information content (AvgIpc) is 2.99. The number of carbonyl (C=O) groups is 1. The number of nitrogens with zero attached hydrogens (tertiary/aromatic N) is 2. The van der Waals surface area contributed by atoms with Gasteiger partial charge in [-0.25, -0.2) is 4.79 Å². The molecule has 5 heteroatoms. The largest absolute Gasteiger partial charge is 0.394 e. The summed E-state index contributed by atoms with van der Waals surface area (Å²) in [4.78, 5) is 19.0. The molecule has 3 rings (SSSR count). The molecule has 122 valence electrons. The molecule has 0 aliphatic carbocycles. The molecule has 2 heterocycles. The number of pyridine rings is 1. The third-order valence-electron chi connectivity index (χ3n) is 4.88. The molecule has 1 fully saturated rings. The smallest absolute Gasteiger partial charge is 0.322 e. The minimum Gasteiger partial charge on any atom is -0.394 e. The van der Waals surface area contributed by atoms with Crippen molar-refractivity contribution in [2.45, 2.75) is 38.6 Å². The summed E-state index contributed by atoms with van der Waals surface area (Å²) in [6.45, 7) is 4.70. The van der Waals surface area contributed by atoms with Crippen molar-refractivity contribution in [3.05, 3.63) is 36.0 Å². The van der Waals surface area contributed by atoms with Crippen LogP contribution in [-0.4, -0.2) is 39.7 Å². The second kappa shape index (κ2) is 6.16. The van der Waals surface area contributed by atoms with Crippen molar-refractivity contribution >= 4 is 22.6 Å². The predicted molar refractivity (Wildman–Crippen MR) is 91.5 cm³/mol. The van der Waals surface area contributed by atoms with Crippen molar-refractivity contribution < 1.29 is 9.90 Å². The second-order valence-corrected chi connectivity index (χ2v) is 6.31. The predicted octanol–water partition coefficient (Wildman–Crippen LogP) is 3.31. The minimum absolute atomic E-state index is 0.00371. The molecule has 5 nitrogen and oxygen atoms in total. The first-order chi connectivity index (χ1) is 11.1. The summed E-state index contributed by atoms with van der Waals surface area (Å²) in [7, 11) is 0. The molecule has 2 N–H and O–H groups in total. The molecule has 0 bridgehead atoms. The molecular formula is C18H23N3O2. The topological polar surface area (TPSA) is 65.5 Å². The first-order valence-corrected chi connectivity index (χ1v) is 8.14. The van der Waals surface area contributed by atoms with Crippen LogP contribution in [0.3, 0.4) is 0 Å². The number of fused-ring (bicyclic) bond motifs is 1. The van der Waals surface area contributed by atoms with Crippen molar-refractivity contribution in [1.82, 2.24) is 9.88 Å². The number of aliphatic hydroxyl groups is 1. The minimum atomic E-state index is -0.433. The molecule has 1 unspecified atom stereocenters. The monoisotopic (exact) mass is 313 g/mol. The molecule has 0 radical (unpaired) electrons. The lowest BCUT2D eigenvalue weighted by Gasteiger charge is -2.36. The molecule has 1 atom stereocenters. The summed E-state index contributed by atoms with van der Waals surface area (Å²) in [5.74, 6) is 0. The standard InChI is InChI=1S/C18H23N3O2/c1-3-18(12-22)7-5-9-21(18)17(23)20-15-11-13(2)10-14-6-4-8-19-16(14)15/h4,6,8,10-11,22H,3,5,7,9,12H2,1-2H3,(H,20,23). The third kappa shape index (κ3) is 2.77. The number of aromatic nitrogens is 1. The highest BCUT2D eigenvalue weighted by molar-refractivity contribution is 6.00. The molecule has 2 amide bonds. The van der Waals surface area contributed by atoms with Crippen LogP contribution in [0.4, 0.5) is 10.5 Å². The maximum atomic E-state index is 12.8. The lowest BCUT2D eigenvalue weighted by molar-refractivity contribution is 0.0867. The van der Waals surface area contributed by atoms with E-state index in [1.165, 1.54) is 0 Å². The van der Waals surface area contributed by atoms with Crippen LogP contribution in [-0.2, 0) is 0 Å². The number of amides is 2. The van der Waals surface area contributed by atoms with E-state index in [4.69, 9.17) is 0 Å². The fraction of sp³-hybridized carbons (Fsp3) is 0.444. The first-order valence-electron chi connectivity index (χ1n) is 8.14. The summed E-state index contributed by atoms with van der Waals surface area (Å²) in [5.41, 5.74) is 2.15. The molecule has 0 saturated carbocycles. The van der Waals surface area contributed by atoms with E-state index in [0.29, 0.717) is 6.54 Å². The van der Waals surface area contributed by atoms with Gasteiger partial charge in [0.05, 0.1) is 23.3 Å². The number of benzene rings is 1. The van der Waals surface area contributed by atoms with Gasteiger partial charge >= 0.3 is 6.03 Å². The zero-order valence-electron chi connectivity index (χ0n) is 13.7. The molecule has 1 saturated heterocycles. The number of rotatable bonds is 3. The van der Waals surface area contributed by atoms with Crippen molar-refractivity contribution in [2.24, 2.45) is 0 Å². The van der Waals surface area contributed by atoms with Crippen molar-refractivity contribution in [1.29, 1.82) is 0 Å². The lowest BCUT2D eigenvalue weighted by Crippen LogP contribution is -2.51. The third-order valence-corrected chi connectivity index (χ3v) is 4.88. The van der Waals surface area contributed by atoms with Crippen LogP contribution in [0, 0.1) is 6.92 Å². The zero-order valence-corrected chi connectivity index (χ0v) is 13.7. The zero-order chi connectivity index (χ0) is 16.4. The molecule has 0 spiro atoms. The van der Waals surface area contributed by atoms with E-state index < -0.39 is 5.54 Å². The fourth-order valence-electron chi connectivity index (χ4n) is 3.52. The van der Waals surface area contributed by atoms with E-state index >= 15 is 0 Å². The van der Waals surface area contributed by atoms with Crippen LogP contribution in [0.2, 0.25) is 0 Å². The van der Waals surface area contributed by atoms with E-state index in [-0.39, 0.29) is 12.6 Å². The van der Waals surface area contributed by atoms with Gasteiger partial charge in [-0.1, -0.05) is 13.0 Å². The van der Waals surface area contributed by atoms with Gasteiger partial charge in [-0.2, -0.15) is 0 Å². The molecule has 2 aromatic rings. The highest BCUT2D eigenvalue weighted by Crippen LogP contribution is 2.33.